The van der Waals surface area contributed by atoms with Gasteiger partial charge in [0.2, 0.25) is 0 Å². The number of ether oxygens (including phenoxy) is 1. The molecule has 3 amide bonds. The van der Waals surface area contributed by atoms with E-state index in [1.165, 1.54) is 6.92 Å². The minimum absolute atomic E-state index is 0.0544. The van der Waals surface area contributed by atoms with Gasteiger partial charge in [-0.15, -0.1) is 0 Å². The largest absolute Gasteiger partial charge is 0.544 e. The van der Waals surface area contributed by atoms with Gasteiger partial charge in [0.1, 0.15) is 23.5 Å². The summed E-state index contributed by atoms with van der Waals surface area (Å²) in [5.41, 5.74) is -0.0741. The average molecular weight is 320 g/mol. The van der Waals surface area contributed by atoms with Gasteiger partial charge in [-0.3, -0.25) is 5.32 Å². The van der Waals surface area contributed by atoms with Crippen molar-refractivity contribution in [3.8, 4) is 5.75 Å². The Hall–Kier alpha value is -2.67. The molecule has 0 spiro atoms. The molecule has 0 radical (unpaired) electrons. The van der Waals surface area contributed by atoms with Crippen LogP contribution >= 0.6 is 0 Å². The molecule has 23 heavy (non-hydrogen) atoms. The highest BCUT2D eigenvalue weighted by Gasteiger charge is 2.55. The molecule has 7 heteroatoms. The molecule has 2 unspecified atom stereocenters. The maximum absolute atomic E-state index is 11.7. The lowest BCUT2D eigenvalue weighted by molar-refractivity contribution is -0.784. The summed E-state index contributed by atoms with van der Waals surface area (Å²) in [6.07, 6.45) is 0. The number of carbonyl (C=O) groups excluding carboxylic acids is 3. The maximum Gasteiger partial charge on any atom is 0.429 e. The summed E-state index contributed by atoms with van der Waals surface area (Å²) in [6, 6.07) is 7.80. The van der Waals surface area contributed by atoms with Gasteiger partial charge >= 0.3 is 11.9 Å². The molecule has 1 saturated heterocycles. The second kappa shape index (κ2) is 7.55. The number of hydrogen-bond acceptors (Lipinski definition) is 5. The predicted molar refractivity (Wildman–Crippen MR) is 80.9 cm³/mol. The number of carboxylic acid groups (broad SMARTS) is 1. The van der Waals surface area contributed by atoms with Crippen molar-refractivity contribution >= 4 is 17.9 Å². The molecule has 0 aliphatic carbocycles. The van der Waals surface area contributed by atoms with E-state index in [0.29, 0.717) is 0 Å². The Balaban J connectivity index is 0.000000277. The quantitative estimate of drug-likeness (QED) is 0.493. The second-order valence-corrected chi connectivity index (χ2v) is 4.91. The van der Waals surface area contributed by atoms with Gasteiger partial charge in [0.05, 0.1) is 13.7 Å². The summed E-state index contributed by atoms with van der Waals surface area (Å²) < 4.78 is 4.11. The zero-order valence-electron chi connectivity index (χ0n) is 13.4. The summed E-state index contributed by atoms with van der Waals surface area (Å²) >= 11 is 0. The third-order valence-electron chi connectivity index (χ3n) is 3.72. The van der Waals surface area contributed by atoms with E-state index in [1.54, 1.807) is 14.0 Å². The van der Waals surface area contributed by atoms with E-state index in [1.807, 2.05) is 30.3 Å². The number of urea groups is 1. The Bertz CT molecular complexity index is 614. The first-order valence-corrected chi connectivity index (χ1v) is 7.04. The van der Waals surface area contributed by atoms with E-state index < -0.39 is 28.4 Å². The number of aliphatic carboxylic acids is 1. The van der Waals surface area contributed by atoms with Crippen molar-refractivity contribution in [1.82, 2.24) is 5.32 Å². The summed E-state index contributed by atoms with van der Waals surface area (Å²) in [5.74, 6) is -1.14. The molecule has 124 valence electrons. The molecule has 7 nitrogen and oxygen atoms in total. The van der Waals surface area contributed by atoms with Crippen LogP contribution in [0.1, 0.15) is 13.8 Å². The highest BCUT2D eigenvalue weighted by atomic mass is 16.5. The number of likely N-dealkylation sites (N-methyl/N-ethyl adjacent to an activating group) is 1. The number of methoxy groups -OCH3 is 1. The van der Waals surface area contributed by atoms with Crippen LogP contribution in [0.15, 0.2) is 42.6 Å². The lowest BCUT2D eigenvalue weighted by atomic mass is 10.2. The number of quaternary nitrogens is 1. The van der Waals surface area contributed by atoms with Crippen LogP contribution in [0.4, 0.5) is 4.79 Å². The Morgan fingerprint density at radius 1 is 1.35 bits per heavy atom. The van der Waals surface area contributed by atoms with Crippen LogP contribution in [0, 0.1) is 0 Å². The third-order valence-corrected chi connectivity index (χ3v) is 3.72. The monoisotopic (exact) mass is 320 g/mol. The van der Waals surface area contributed by atoms with Crippen molar-refractivity contribution in [3.63, 3.8) is 0 Å². The Labute approximate surface area is 134 Å². The first-order chi connectivity index (χ1) is 10.8. The lowest BCUT2D eigenvalue weighted by Gasteiger charge is -2.32. The van der Waals surface area contributed by atoms with Crippen molar-refractivity contribution in [2.45, 2.75) is 19.9 Å². The first kappa shape index (κ1) is 18.4. The Morgan fingerprint density at radius 3 is 2.22 bits per heavy atom. The standard InChI is InChI=1S/C9H12N2O4.C7H8O/c1-4-11(6(3)8(13)14)7(12)5(2)10-9(11)15;1-8-7-5-3-2-4-6-7/h6H,2,4H2,1,3H3,(H-,10,13,14,15);2-6H,1H3. The van der Waals surface area contributed by atoms with E-state index in [4.69, 9.17) is 4.74 Å². The van der Waals surface area contributed by atoms with Crippen LogP contribution in [0.2, 0.25) is 0 Å². The number of amides is 3. The average Bonchev–Trinajstić information content (AvgIpc) is 2.78. The number of nitrogens with zero attached hydrogens (tertiary/aromatic N) is 1. The molecule has 1 aromatic rings. The maximum atomic E-state index is 11.7. The summed E-state index contributed by atoms with van der Waals surface area (Å²) in [7, 11) is 1.66. The van der Waals surface area contributed by atoms with Crippen molar-refractivity contribution < 1.29 is 28.7 Å². The number of carboxylic acids is 1. The van der Waals surface area contributed by atoms with Gasteiger partial charge in [-0.2, -0.15) is 4.48 Å². The topological polar surface area (TPSA) is 95.5 Å². The number of carbonyl (C=O) groups is 3. The number of hydrogen-bond donors (Lipinski definition) is 1. The van der Waals surface area contributed by atoms with Crippen LogP contribution in [0.25, 0.3) is 0 Å². The molecule has 0 bridgehead atoms. The van der Waals surface area contributed by atoms with Crippen molar-refractivity contribution in [2.75, 3.05) is 13.7 Å². The van der Waals surface area contributed by atoms with E-state index in [0.717, 1.165) is 5.75 Å². The number of imide groups is 1. The lowest BCUT2D eigenvalue weighted by Crippen LogP contribution is -2.63. The van der Waals surface area contributed by atoms with Crippen LogP contribution in [0.3, 0.4) is 0 Å². The highest BCUT2D eigenvalue weighted by molar-refractivity contribution is 6.04. The van der Waals surface area contributed by atoms with Crippen molar-refractivity contribution in [1.29, 1.82) is 0 Å². The van der Waals surface area contributed by atoms with Crippen LogP contribution in [0.5, 0.6) is 5.75 Å². The number of para-hydroxylation sites is 1. The Kier molecular flexibility index (Phi) is 6.03. The SMILES string of the molecule is C=C1NC(=O)[N+](CC)(C(C)C(=O)[O-])C1=O.COc1ccccc1. The molecule has 1 aromatic carbocycles. The number of nitrogens with one attached hydrogen (secondary N) is 1. The molecule has 2 atom stereocenters. The molecule has 1 N–H and O–H groups in total. The Morgan fingerprint density at radius 2 is 1.91 bits per heavy atom. The van der Waals surface area contributed by atoms with Crippen LogP contribution in [-0.2, 0) is 9.59 Å². The fourth-order valence-electron chi connectivity index (χ4n) is 2.26. The molecular formula is C16H20N2O5. The van der Waals surface area contributed by atoms with Gasteiger partial charge in [0.15, 0.2) is 0 Å². The van der Waals surface area contributed by atoms with E-state index in [-0.39, 0.29) is 12.2 Å². The molecule has 1 aliphatic rings. The minimum Gasteiger partial charge on any atom is -0.544 e. The molecule has 1 heterocycles. The van der Waals surface area contributed by atoms with E-state index in [2.05, 4.69) is 11.9 Å². The van der Waals surface area contributed by atoms with Gasteiger partial charge in [-0.05, 0) is 26.0 Å². The van der Waals surface area contributed by atoms with Crippen molar-refractivity contribution in [3.05, 3.63) is 42.6 Å². The molecular weight excluding hydrogens is 300 g/mol. The molecule has 2 rings (SSSR count). The minimum atomic E-state index is -1.44. The van der Waals surface area contributed by atoms with Crippen molar-refractivity contribution in [2.24, 2.45) is 0 Å². The zero-order chi connectivity index (χ0) is 17.6. The van der Waals surface area contributed by atoms with E-state index >= 15 is 0 Å². The molecule has 1 aliphatic heterocycles. The zero-order valence-corrected chi connectivity index (χ0v) is 13.4. The summed E-state index contributed by atoms with van der Waals surface area (Å²) in [4.78, 5) is 34.1. The number of benzene rings is 1. The van der Waals surface area contributed by atoms with Gasteiger partial charge in [0.25, 0.3) is 0 Å². The fraction of sp³-hybridized carbons (Fsp3) is 0.312. The third kappa shape index (κ3) is 3.57. The normalized spacial score (nSPS) is 21.1. The predicted octanol–water partition coefficient (Wildman–Crippen LogP) is 0.420. The smallest absolute Gasteiger partial charge is 0.429 e. The van der Waals surface area contributed by atoms with E-state index in [9.17, 15) is 19.5 Å². The number of rotatable bonds is 4. The molecule has 0 saturated carbocycles. The second-order valence-electron chi connectivity index (χ2n) is 4.91. The van der Waals surface area contributed by atoms with Crippen LogP contribution < -0.4 is 15.2 Å². The highest BCUT2D eigenvalue weighted by Crippen LogP contribution is 2.23. The molecule has 0 aromatic heterocycles. The fourth-order valence-corrected chi connectivity index (χ4v) is 2.26. The van der Waals surface area contributed by atoms with Crippen LogP contribution in [-0.4, -0.2) is 42.1 Å². The van der Waals surface area contributed by atoms with Gasteiger partial charge in [-0.1, -0.05) is 24.8 Å². The van der Waals surface area contributed by atoms with Gasteiger partial charge in [0, 0.05) is 0 Å². The first-order valence-electron chi connectivity index (χ1n) is 7.04. The summed E-state index contributed by atoms with van der Waals surface area (Å²) in [5, 5.41) is 13.0. The van der Waals surface area contributed by atoms with Gasteiger partial charge in [-0.25, -0.2) is 9.59 Å². The summed E-state index contributed by atoms with van der Waals surface area (Å²) in [6.45, 7) is 6.25. The molecule has 1 fully saturated rings. The van der Waals surface area contributed by atoms with Gasteiger partial charge < -0.3 is 14.6 Å².